The van der Waals surface area contributed by atoms with Crippen LogP contribution in [-0.2, 0) is 11.3 Å². The van der Waals surface area contributed by atoms with Gasteiger partial charge in [-0.1, -0.05) is 46.3 Å². The maximum Gasteiger partial charge on any atom is 0.130 e. The Morgan fingerprint density at radius 1 is 1.39 bits per heavy atom. The molecule has 0 spiro atoms. The molecular formula is C15H22BrNO. The van der Waals surface area contributed by atoms with Crippen LogP contribution >= 0.6 is 15.9 Å². The fourth-order valence-corrected chi connectivity index (χ4v) is 1.95. The Balaban J connectivity index is 0.000000357. The predicted octanol–water partition coefficient (Wildman–Crippen LogP) is 3.50. The molecule has 1 atom stereocenters. The van der Waals surface area contributed by atoms with Gasteiger partial charge in [-0.05, 0) is 38.3 Å². The molecule has 2 rings (SSSR count). The van der Waals surface area contributed by atoms with Crippen LogP contribution in [0.25, 0.3) is 0 Å². The number of carbonyl (C=O) groups is 1. The summed E-state index contributed by atoms with van der Waals surface area (Å²) < 4.78 is 0. The predicted molar refractivity (Wildman–Crippen MR) is 80.0 cm³/mol. The summed E-state index contributed by atoms with van der Waals surface area (Å²) in [5.41, 5.74) is 1.42. The lowest BCUT2D eigenvalue weighted by atomic mass is 10.1. The van der Waals surface area contributed by atoms with E-state index >= 15 is 0 Å². The van der Waals surface area contributed by atoms with E-state index in [1.54, 1.807) is 0 Å². The molecule has 100 valence electrons. The average molecular weight is 312 g/mol. The molecule has 0 N–H and O–H groups in total. The highest BCUT2D eigenvalue weighted by Crippen LogP contribution is 2.34. The molecule has 0 heterocycles. The first-order chi connectivity index (χ1) is 8.69. The van der Waals surface area contributed by atoms with Crippen molar-refractivity contribution < 1.29 is 4.79 Å². The van der Waals surface area contributed by atoms with Gasteiger partial charge in [0.15, 0.2) is 0 Å². The molecule has 0 radical (unpaired) electrons. The van der Waals surface area contributed by atoms with Gasteiger partial charge in [-0.25, -0.2) is 0 Å². The van der Waals surface area contributed by atoms with E-state index in [0.717, 1.165) is 24.8 Å². The van der Waals surface area contributed by atoms with Gasteiger partial charge >= 0.3 is 0 Å². The van der Waals surface area contributed by atoms with Gasteiger partial charge in [-0.2, -0.15) is 0 Å². The zero-order valence-corrected chi connectivity index (χ0v) is 12.8. The number of hydrogen-bond donors (Lipinski definition) is 0. The quantitative estimate of drug-likeness (QED) is 0.613. The fraction of sp³-hybridized carbons (Fsp3) is 0.533. The van der Waals surface area contributed by atoms with Crippen molar-refractivity contribution >= 4 is 22.2 Å². The van der Waals surface area contributed by atoms with E-state index in [1.165, 1.54) is 18.4 Å². The van der Waals surface area contributed by atoms with Crippen LogP contribution in [0.3, 0.4) is 0 Å². The van der Waals surface area contributed by atoms with Crippen molar-refractivity contribution in [1.82, 2.24) is 4.90 Å². The van der Waals surface area contributed by atoms with E-state index in [1.807, 2.05) is 0 Å². The highest BCUT2D eigenvalue weighted by Gasteiger charge is 2.30. The largest absolute Gasteiger partial charge is 0.302 e. The lowest BCUT2D eigenvalue weighted by Gasteiger charge is -2.24. The molecule has 0 aromatic heterocycles. The Bertz CT molecular complexity index is 338. The van der Waals surface area contributed by atoms with Gasteiger partial charge in [0.05, 0.1) is 5.33 Å². The fourth-order valence-electron chi connectivity index (χ4n) is 1.95. The van der Waals surface area contributed by atoms with Gasteiger partial charge in [-0.3, -0.25) is 4.90 Å². The molecule has 1 saturated carbocycles. The summed E-state index contributed by atoms with van der Waals surface area (Å²) in [4.78, 5) is 11.6. The first kappa shape index (κ1) is 15.4. The monoisotopic (exact) mass is 311 g/mol. The minimum atomic E-state index is 0.451. The first-order valence-electron chi connectivity index (χ1n) is 6.42. The second-order valence-corrected chi connectivity index (χ2v) is 5.45. The van der Waals surface area contributed by atoms with Crippen LogP contribution in [0, 0.1) is 5.92 Å². The molecule has 1 unspecified atom stereocenters. The molecular weight excluding hydrogens is 290 g/mol. The number of halogens is 1. The Hall–Kier alpha value is -0.670. The van der Waals surface area contributed by atoms with Crippen LogP contribution in [0.2, 0.25) is 0 Å². The van der Waals surface area contributed by atoms with Crippen molar-refractivity contribution in [3.05, 3.63) is 35.9 Å². The number of alkyl halides is 1. The van der Waals surface area contributed by atoms with E-state index in [0.29, 0.717) is 5.33 Å². The highest BCUT2D eigenvalue weighted by molar-refractivity contribution is 9.09. The summed E-state index contributed by atoms with van der Waals surface area (Å²) in [6.45, 7) is 3.43. The van der Waals surface area contributed by atoms with Crippen LogP contribution < -0.4 is 0 Å². The summed E-state index contributed by atoms with van der Waals surface area (Å²) in [6, 6.07) is 11.5. The molecule has 0 saturated heterocycles. The average Bonchev–Trinajstić information content (AvgIpc) is 3.23. The van der Waals surface area contributed by atoms with Gasteiger partial charge in [0, 0.05) is 12.6 Å². The van der Waals surface area contributed by atoms with Crippen molar-refractivity contribution in [2.24, 2.45) is 5.92 Å². The lowest BCUT2D eigenvalue weighted by Crippen LogP contribution is -2.30. The highest BCUT2D eigenvalue weighted by atomic mass is 79.9. The number of aldehydes is 1. The molecule has 1 aliphatic rings. The van der Waals surface area contributed by atoms with Crippen molar-refractivity contribution in [1.29, 1.82) is 0 Å². The maximum atomic E-state index is 9.13. The molecule has 0 amide bonds. The third-order valence-corrected chi connectivity index (χ3v) is 3.60. The van der Waals surface area contributed by atoms with Crippen molar-refractivity contribution in [2.45, 2.75) is 32.4 Å². The van der Waals surface area contributed by atoms with Crippen molar-refractivity contribution in [3.63, 3.8) is 0 Å². The van der Waals surface area contributed by atoms with Crippen LogP contribution in [0.5, 0.6) is 0 Å². The number of rotatable bonds is 5. The third kappa shape index (κ3) is 5.78. The standard InChI is InChI=1S/C13H19N.C2H3BrO/c1-11(13-8-9-13)14(2)10-12-6-4-3-5-7-12;3-1-2-4/h3-7,11,13H,8-10H2,1-2H3;2H,1H2. The van der Waals surface area contributed by atoms with Gasteiger partial charge in [0.1, 0.15) is 6.29 Å². The van der Waals surface area contributed by atoms with Gasteiger partial charge in [0.25, 0.3) is 0 Å². The number of benzene rings is 1. The number of nitrogens with zero attached hydrogens (tertiary/aromatic N) is 1. The zero-order valence-electron chi connectivity index (χ0n) is 11.2. The topological polar surface area (TPSA) is 20.3 Å². The zero-order chi connectivity index (χ0) is 13.4. The van der Waals surface area contributed by atoms with E-state index < -0.39 is 0 Å². The van der Waals surface area contributed by atoms with E-state index in [2.05, 4.69) is 65.1 Å². The van der Waals surface area contributed by atoms with Gasteiger partial charge in [-0.15, -0.1) is 0 Å². The Labute approximate surface area is 119 Å². The van der Waals surface area contributed by atoms with Crippen LogP contribution in [0.1, 0.15) is 25.3 Å². The smallest absolute Gasteiger partial charge is 0.130 e. The van der Waals surface area contributed by atoms with Crippen LogP contribution in [0.15, 0.2) is 30.3 Å². The maximum absolute atomic E-state index is 9.13. The summed E-state index contributed by atoms with van der Waals surface area (Å²) in [6.07, 6.45) is 3.65. The molecule has 1 aromatic carbocycles. The molecule has 0 bridgehead atoms. The summed E-state index contributed by atoms with van der Waals surface area (Å²) in [5, 5.41) is 0.451. The van der Waals surface area contributed by atoms with Gasteiger partial charge < -0.3 is 4.79 Å². The van der Waals surface area contributed by atoms with Crippen molar-refractivity contribution in [2.75, 3.05) is 12.4 Å². The minimum absolute atomic E-state index is 0.451. The lowest BCUT2D eigenvalue weighted by molar-refractivity contribution is -0.105. The molecule has 0 aliphatic heterocycles. The molecule has 18 heavy (non-hydrogen) atoms. The van der Waals surface area contributed by atoms with Crippen LogP contribution in [0.4, 0.5) is 0 Å². The molecule has 1 aromatic rings. The molecule has 2 nitrogen and oxygen atoms in total. The summed E-state index contributed by atoms with van der Waals surface area (Å²) in [7, 11) is 2.23. The van der Waals surface area contributed by atoms with Crippen LogP contribution in [-0.4, -0.2) is 29.6 Å². The minimum Gasteiger partial charge on any atom is -0.302 e. The third-order valence-electron chi connectivity index (χ3n) is 3.34. The summed E-state index contributed by atoms with van der Waals surface area (Å²) in [5.74, 6) is 0.962. The summed E-state index contributed by atoms with van der Waals surface area (Å²) >= 11 is 2.88. The van der Waals surface area contributed by atoms with E-state index in [9.17, 15) is 0 Å². The van der Waals surface area contributed by atoms with E-state index in [-0.39, 0.29) is 0 Å². The normalized spacial score (nSPS) is 15.8. The van der Waals surface area contributed by atoms with E-state index in [4.69, 9.17) is 4.79 Å². The Kier molecular flexibility index (Phi) is 7.21. The first-order valence-corrected chi connectivity index (χ1v) is 7.55. The number of hydrogen-bond acceptors (Lipinski definition) is 2. The number of carbonyl (C=O) groups excluding carboxylic acids is 1. The second-order valence-electron chi connectivity index (χ2n) is 4.80. The molecule has 1 aliphatic carbocycles. The molecule has 3 heteroatoms. The van der Waals surface area contributed by atoms with Gasteiger partial charge in [0.2, 0.25) is 0 Å². The Morgan fingerprint density at radius 3 is 2.39 bits per heavy atom. The van der Waals surface area contributed by atoms with Crippen molar-refractivity contribution in [3.8, 4) is 0 Å². The molecule has 1 fully saturated rings. The second kappa shape index (κ2) is 8.44. The Morgan fingerprint density at radius 2 is 1.94 bits per heavy atom. The SMILES string of the molecule is CC(C1CC1)N(C)Cc1ccccc1.O=CCBr.